The molecule has 21 heavy (non-hydrogen) atoms. The second kappa shape index (κ2) is 6.02. The molecule has 2 aromatic rings. The van der Waals surface area contributed by atoms with Crippen molar-refractivity contribution in [2.24, 2.45) is 0 Å². The van der Waals surface area contributed by atoms with E-state index in [1.165, 1.54) is 12.1 Å². The lowest BCUT2D eigenvalue weighted by Crippen LogP contribution is -2.41. The molecule has 0 saturated heterocycles. The Morgan fingerprint density at radius 2 is 1.67 bits per heavy atom. The SMILES string of the molecule is Cc1ccc(C(=O)NNS(=O)(=O)c2ccccc2F)cc1. The van der Waals surface area contributed by atoms with E-state index in [9.17, 15) is 17.6 Å². The summed E-state index contributed by atoms with van der Waals surface area (Å²) in [6.07, 6.45) is 0. The van der Waals surface area contributed by atoms with Gasteiger partial charge in [0.2, 0.25) is 0 Å². The summed E-state index contributed by atoms with van der Waals surface area (Å²) >= 11 is 0. The van der Waals surface area contributed by atoms with Crippen LogP contribution in [0, 0.1) is 12.7 Å². The van der Waals surface area contributed by atoms with E-state index in [1.54, 1.807) is 24.3 Å². The van der Waals surface area contributed by atoms with Crippen LogP contribution in [0.1, 0.15) is 15.9 Å². The minimum atomic E-state index is -4.16. The molecule has 0 aromatic heterocycles. The van der Waals surface area contributed by atoms with Crippen molar-refractivity contribution in [1.29, 1.82) is 0 Å². The fourth-order valence-electron chi connectivity index (χ4n) is 1.61. The number of hydrogen-bond donors (Lipinski definition) is 2. The van der Waals surface area contributed by atoms with E-state index >= 15 is 0 Å². The van der Waals surface area contributed by atoms with E-state index in [0.29, 0.717) is 0 Å². The fraction of sp³-hybridized carbons (Fsp3) is 0.0714. The van der Waals surface area contributed by atoms with Crippen molar-refractivity contribution in [3.63, 3.8) is 0 Å². The Balaban J connectivity index is 2.10. The summed E-state index contributed by atoms with van der Waals surface area (Å²) in [6.45, 7) is 1.86. The molecule has 0 heterocycles. The molecule has 1 amide bonds. The third kappa shape index (κ3) is 3.65. The minimum absolute atomic E-state index is 0.289. The van der Waals surface area contributed by atoms with Gasteiger partial charge in [-0.25, -0.2) is 12.8 Å². The van der Waals surface area contributed by atoms with Gasteiger partial charge in [0.15, 0.2) is 0 Å². The zero-order chi connectivity index (χ0) is 15.5. The molecule has 0 aliphatic rings. The molecular formula is C14H13FN2O3S. The van der Waals surface area contributed by atoms with Crippen LogP contribution in [-0.2, 0) is 10.0 Å². The number of nitrogens with one attached hydrogen (secondary N) is 2. The van der Waals surface area contributed by atoms with E-state index in [4.69, 9.17) is 0 Å². The number of rotatable bonds is 4. The van der Waals surface area contributed by atoms with Crippen LogP contribution in [0.5, 0.6) is 0 Å². The first-order chi connectivity index (χ1) is 9.90. The number of sulfonamides is 1. The molecule has 0 bridgehead atoms. The van der Waals surface area contributed by atoms with Crippen molar-refractivity contribution >= 4 is 15.9 Å². The van der Waals surface area contributed by atoms with Crippen molar-refractivity contribution < 1.29 is 17.6 Å². The number of amides is 1. The number of aryl methyl sites for hydroxylation is 1. The number of hydrogen-bond acceptors (Lipinski definition) is 3. The van der Waals surface area contributed by atoms with Gasteiger partial charge in [0.25, 0.3) is 15.9 Å². The Morgan fingerprint density at radius 3 is 2.29 bits per heavy atom. The summed E-state index contributed by atoms with van der Waals surface area (Å²) in [6, 6.07) is 11.5. The molecule has 0 aliphatic carbocycles. The molecule has 5 nitrogen and oxygen atoms in total. The van der Waals surface area contributed by atoms with Gasteiger partial charge in [0.1, 0.15) is 10.7 Å². The van der Waals surface area contributed by atoms with Gasteiger partial charge < -0.3 is 0 Å². The monoisotopic (exact) mass is 308 g/mol. The van der Waals surface area contributed by atoms with Crippen LogP contribution < -0.4 is 10.3 Å². The van der Waals surface area contributed by atoms with Crippen LogP contribution in [0.2, 0.25) is 0 Å². The predicted molar refractivity (Wildman–Crippen MR) is 75.4 cm³/mol. The molecular weight excluding hydrogens is 295 g/mol. The maximum atomic E-state index is 13.4. The highest BCUT2D eigenvalue weighted by Crippen LogP contribution is 2.12. The number of carbonyl (C=O) groups is 1. The van der Waals surface area contributed by atoms with Gasteiger partial charge in [-0.15, -0.1) is 4.83 Å². The van der Waals surface area contributed by atoms with E-state index in [2.05, 4.69) is 0 Å². The minimum Gasteiger partial charge on any atom is -0.273 e. The Morgan fingerprint density at radius 1 is 1.05 bits per heavy atom. The molecule has 0 spiro atoms. The van der Waals surface area contributed by atoms with Crippen LogP contribution in [-0.4, -0.2) is 14.3 Å². The van der Waals surface area contributed by atoms with E-state index in [-0.39, 0.29) is 5.56 Å². The standard InChI is InChI=1S/C14H13FN2O3S/c1-10-6-8-11(9-7-10)14(18)16-17-21(19,20)13-5-3-2-4-12(13)15/h2-9,17H,1H3,(H,16,18). The fourth-order valence-corrected chi connectivity index (χ4v) is 2.53. The van der Waals surface area contributed by atoms with Gasteiger partial charge in [-0.3, -0.25) is 10.2 Å². The molecule has 2 rings (SSSR count). The molecule has 0 saturated carbocycles. The first-order valence-electron chi connectivity index (χ1n) is 6.03. The zero-order valence-corrected chi connectivity index (χ0v) is 11.9. The Kier molecular flexibility index (Phi) is 4.35. The Bertz CT molecular complexity index is 758. The van der Waals surface area contributed by atoms with E-state index in [1.807, 2.05) is 17.2 Å². The van der Waals surface area contributed by atoms with Crippen LogP contribution in [0.15, 0.2) is 53.4 Å². The van der Waals surface area contributed by atoms with Crippen molar-refractivity contribution in [2.75, 3.05) is 0 Å². The first kappa shape index (κ1) is 15.1. The summed E-state index contributed by atoms with van der Waals surface area (Å²) in [7, 11) is -4.16. The lowest BCUT2D eigenvalue weighted by Gasteiger charge is -2.09. The predicted octanol–water partition coefficient (Wildman–Crippen LogP) is 1.76. The summed E-state index contributed by atoms with van der Waals surface area (Å²) < 4.78 is 37.2. The lowest BCUT2D eigenvalue weighted by molar-refractivity contribution is 0.0945. The number of halogens is 1. The number of benzene rings is 2. The van der Waals surface area contributed by atoms with Crippen LogP contribution in [0.4, 0.5) is 4.39 Å². The molecule has 0 atom stereocenters. The smallest absolute Gasteiger partial charge is 0.266 e. The molecule has 0 unspecified atom stereocenters. The third-order valence-corrected chi connectivity index (χ3v) is 4.02. The molecule has 0 fully saturated rings. The molecule has 110 valence electrons. The van der Waals surface area contributed by atoms with E-state index in [0.717, 1.165) is 17.7 Å². The average molecular weight is 308 g/mol. The average Bonchev–Trinajstić information content (AvgIpc) is 2.46. The zero-order valence-electron chi connectivity index (χ0n) is 11.1. The Labute approximate surface area is 121 Å². The molecule has 2 aromatic carbocycles. The highest BCUT2D eigenvalue weighted by atomic mass is 32.2. The van der Waals surface area contributed by atoms with E-state index < -0.39 is 26.6 Å². The highest BCUT2D eigenvalue weighted by molar-refractivity contribution is 7.89. The van der Waals surface area contributed by atoms with Gasteiger partial charge in [0, 0.05) is 5.56 Å². The number of hydrazine groups is 1. The molecule has 7 heteroatoms. The second-order valence-corrected chi connectivity index (χ2v) is 6.01. The van der Waals surface area contributed by atoms with Crippen LogP contribution in [0.25, 0.3) is 0 Å². The largest absolute Gasteiger partial charge is 0.273 e. The normalized spacial score (nSPS) is 11.1. The lowest BCUT2D eigenvalue weighted by atomic mass is 10.1. The second-order valence-electron chi connectivity index (χ2n) is 4.36. The van der Waals surface area contributed by atoms with Gasteiger partial charge in [-0.05, 0) is 31.2 Å². The maximum absolute atomic E-state index is 13.4. The summed E-state index contributed by atoms with van der Waals surface area (Å²) in [5, 5.41) is 0. The number of carbonyl (C=O) groups excluding carboxylic acids is 1. The van der Waals surface area contributed by atoms with Gasteiger partial charge in [-0.2, -0.15) is 0 Å². The topological polar surface area (TPSA) is 75.3 Å². The highest BCUT2D eigenvalue weighted by Gasteiger charge is 2.19. The van der Waals surface area contributed by atoms with Gasteiger partial charge >= 0.3 is 0 Å². The van der Waals surface area contributed by atoms with Crippen molar-refractivity contribution in [2.45, 2.75) is 11.8 Å². The van der Waals surface area contributed by atoms with Crippen molar-refractivity contribution in [3.8, 4) is 0 Å². The third-order valence-electron chi connectivity index (χ3n) is 2.74. The quantitative estimate of drug-likeness (QED) is 0.845. The van der Waals surface area contributed by atoms with Crippen molar-refractivity contribution in [3.05, 3.63) is 65.5 Å². The maximum Gasteiger partial charge on any atom is 0.266 e. The van der Waals surface area contributed by atoms with Crippen LogP contribution in [0.3, 0.4) is 0 Å². The summed E-state index contributed by atoms with van der Waals surface area (Å²) in [5.74, 6) is -1.52. The van der Waals surface area contributed by atoms with Crippen molar-refractivity contribution in [1.82, 2.24) is 10.3 Å². The van der Waals surface area contributed by atoms with Crippen LogP contribution >= 0.6 is 0 Å². The summed E-state index contributed by atoms with van der Waals surface area (Å²) in [5.41, 5.74) is 3.30. The molecule has 0 aliphatic heterocycles. The molecule has 2 N–H and O–H groups in total. The van der Waals surface area contributed by atoms with Gasteiger partial charge in [-0.1, -0.05) is 29.8 Å². The first-order valence-corrected chi connectivity index (χ1v) is 7.52. The Hall–Kier alpha value is -2.25. The van der Waals surface area contributed by atoms with Gasteiger partial charge in [0.05, 0.1) is 0 Å². The summed E-state index contributed by atoms with van der Waals surface area (Å²) in [4.78, 5) is 13.1. The molecule has 0 radical (unpaired) electrons.